The quantitative estimate of drug-likeness (QED) is 0.819. The lowest BCUT2D eigenvalue weighted by Gasteiger charge is -2.09. The zero-order valence-electron chi connectivity index (χ0n) is 9.44. The smallest absolute Gasteiger partial charge is 0.131 e. The lowest BCUT2D eigenvalue weighted by atomic mass is 10.1. The average molecular weight is 249 g/mol. The molecule has 0 aliphatic heterocycles. The van der Waals surface area contributed by atoms with Crippen LogP contribution in [0.4, 0.5) is 5.69 Å². The second kappa shape index (κ2) is 5.06. The standard InChI is InChI=1S/C13H13ClN2O/c1-9-2-3-12(17)10(6-9)8-16-11-4-5-15-13(14)7-11/h2-7,17H,8H2,1H3,(H,15,16). The molecule has 0 amide bonds. The maximum atomic E-state index is 9.69. The normalized spacial score (nSPS) is 10.2. The molecule has 2 N–H and O–H groups in total. The van der Waals surface area contributed by atoms with Gasteiger partial charge < -0.3 is 10.4 Å². The minimum absolute atomic E-state index is 0.295. The van der Waals surface area contributed by atoms with Crippen molar-refractivity contribution in [2.24, 2.45) is 0 Å². The van der Waals surface area contributed by atoms with Crippen molar-refractivity contribution in [3.63, 3.8) is 0 Å². The van der Waals surface area contributed by atoms with Gasteiger partial charge in [0, 0.05) is 24.0 Å². The number of hydrogen-bond donors (Lipinski definition) is 2. The van der Waals surface area contributed by atoms with Crippen LogP contribution in [0, 0.1) is 6.92 Å². The van der Waals surface area contributed by atoms with E-state index in [1.165, 1.54) is 0 Å². The number of phenolic OH excluding ortho intramolecular Hbond substituents is 1. The van der Waals surface area contributed by atoms with Crippen molar-refractivity contribution in [1.82, 2.24) is 4.98 Å². The molecule has 1 aromatic carbocycles. The molecule has 4 heteroatoms. The van der Waals surface area contributed by atoms with Crippen molar-refractivity contribution >= 4 is 17.3 Å². The van der Waals surface area contributed by atoms with Gasteiger partial charge in [0.2, 0.25) is 0 Å². The highest BCUT2D eigenvalue weighted by Gasteiger charge is 2.01. The van der Waals surface area contributed by atoms with Crippen LogP contribution in [0.2, 0.25) is 5.15 Å². The molecule has 0 bridgehead atoms. The number of anilines is 1. The van der Waals surface area contributed by atoms with Gasteiger partial charge in [-0.25, -0.2) is 4.98 Å². The number of aromatic nitrogens is 1. The molecule has 0 atom stereocenters. The van der Waals surface area contributed by atoms with Crippen LogP contribution in [0.1, 0.15) is 11.1 Å². The van der Waals surface area contributed by atoms with Crippen LogP contribution in [0.25, 0.3) is 0 Å². The van der Waals surface area contributed by atoms with Crippen LogP contribution in [0.15, 0.2) is 36.5 Å². The van der Waals surface area contributed by atoms with Crippen molar-refractivity contribution in [3.05, 3.63) is 52.8 Å². The minimum atomic E-state index is 0.295. The minimum Gasteiger partial charge on any atom is -0.508 e. The largest absolute Gasteiger partial charge is 0.508 e. The highest BCUT2D eigenvalue weighted by Crippen LogP contribution is 2.20. The fraction of sp³-hybridized carbons (Fsp3) is 0.154. The first-order chi connectivity index (χ1) is 8.15. The summed E-state index contributed by atoms with van der Waals surface area (Å²) in [7, 11) is 0. The molecule has 17 heavy (non-hydrogen) atoms. The fourth-order valence-electron chi connectivity index (χ4n) is 1.57. The van der Waals surface area contributed by atoms with E-state index in [4.69, 9.17) is 11.6 Å². The molecule has 88 valence electrons. The molecule has 0 aliphatic carbocycles. The topological polar surface area (TPSA) is 45.1 Å². The molecule has 0 unspecified atom stereocenters. The SMILES string of the molecule is Cc1ccc(O)c(CNc2ccnc(Cl)c2)c1. The van der Waals surface area contributed by atoms with Gasteiger partial charge in [0.1, 0.15) is 10.9 Å². The first-order valence-electron chi connectivity index (χ1n) is 5.29. The van der Waals surface area contributed by atoms with E-state index in [0.717, 1.165) is 16.8 Å². The number of pyridine rings is 1. The summed E-state index contributed by atoms with van der Waals surface area (Å²) in [6, 6.07) is 9.10. The maximum absolute atomic E-state index is 9.69. The summed E-state index contributed by atoms with van der Waals surface area (Å²) in [4.78, 5) is 3.90. The Balaban J connectivity index is 2.09. The molecular weight excluding hydrogens is 236 g/mol. The zero-order chi connectivity index (χ0) is 12.3. The van der Waals surface area contributed by atoms with Crippen LogP contribution in [-0.2, 0) is 6.54 Å². The van der Waals surface area contributed by atoms with Crippen LogP contribution in [0.5, 0.6) is 5.75 Å². The highest BCUT2D eigenvalue weighted by atomic mass is 35.5. The van der Waals surface area contributed by atoms with E-state index in [-0.39, 0.29) is 0 Å². The summed E-state index contributed by atoms with van der Waals surface area (Å²) in [5.74, 6) is 0.295. The number of benzene rings is 1. The van der Waals surface area contributed by atoms with E-state index in [1.807, 2.05) is 25.1 Å². The highest BCUT2D eigenvalue weighted by molar-refractivity contribution is 6.29. The first kappa shape index (κ1) is 11.7. The number of nitrogens with zero attached hydrogens (tertiary/aromatic N) is 1. The van der Waals surface area contributed by atoms with Gasteiger partial charge in [-0.3, -0.25) is 0 Å². The third kappa shape index (κ3) is 3.11. The van der Waals surface area contributed by atoms with Gasteiger partial charge in [-0.15, -0.1) is 0 Å². The Hall–Kier alpha value is -1.74. The van der Waals surface area contributed by atoms with Crippen LogP contribution >= 0.6 is 11.6 Å². The summed E-state index contributed by atoms with van der Waals surface area (Å²) in [6.07, 6.45) is 1.64. The predicted molar refractivity (Wildman–Crippen MR) is 69.4 cm³/mol. The summed E-state index contributed by atoms with van der Waals surface area (Å²) in [5.41, 5.74) is 2.86. The lowest BCUT2D eigenvalue weighted by molar-refractivity contribution is 0.469. The van der Waals surface area contributed by atoms with Crippen molar-refractivity contribution in [2.75, 3.05) is 5.32 Å². The Morgan fingerprint density at radius 1 is 1.29 bits per heavy atom. The third-order valence-corrected chi connectivity index (χ3v) is 2.65. The summed E-state index contributed by atoms with van der Waals surface area (Å²) < 4.78 is 0. The van der Waals surface area contributed by atoms with E-state index in [9.17, 15) is 5.11 Å². The van der Waals surface area contributed by atoms with Crippen LogP contribution < -0.4 is 5.32 Å². The Bertz CT molecular complexity index is 529. The number of aromatic hydroxyl groups is 1. The molecule has 2 rings (SSSR count). The number of hydrogen-bond acceptors (Lipinski definition) is 3. The van der Waals surface area contributed by atoms with Gasteiger partial charge in [0.25, 0.3) is 0 Å². The molecule has 2 aromatic rings. The molecule has 0 fully saturated rings. The average Bonchev–Trinajstić information content (AvgIpc) is 2.30. The molecule has 0 radical (unpaired) electrons. The Morgan fingerprint density at radius 3 is 2.88 bits per heavy atom. The Kier molecular flexibility index (Phi) is 3.49. The van der Waals surface area contributed by atoms with Gasteiger partial charge >= 0.3 is 0 Å². The predicted octanol–water partition coefficient (Wildman–Crippen LogP) is 3.36. The zero-order valence-corrected chi connectivity index (χ0v) is 10.2. The van der Waals surface area contributed by atoms with Crippen molar-refractivity contribution < 1.29 is 5.11 Å². The van der Waals surface area contributed by atoms with Crippen molar-refractivity contribution in [1.29, 1.82) is 0 Å². The lowest BCUT2D eigenvalue weighted by Crippen LogP contribution is -2.00. The van der Waals surface area contributed by atoms with Gasteiger partial charge in [0.05, 0.1) is 0 Å². The monoisotopic (exact) mass is 248 g/mol. The van der Waals surface area contributed by atoms with Gasteiger partial charge in [-0.05, 0) is 25.1 Å². The number of aryl methyl sites for hydroxylation is 1. The number of halogens is 1. The maximum Gasteiger partial charge on any atom is 0.131 e. The number of phenols is 1. The molecule has 1 heterocycles. The third-order valence-electron chi connectivity index (χ3n) is 2.44. The van der Waals surface area contributed by atoms with E-state index in [1.54, 1.807) is 18.3 Å². The van der Waals surface area contributed by atoms with Gasteiger partial charge in [-0.2, -0.15) is 0 Å². The first-order valence-corrected chi connectivity index (χ1v) is 5.67. The van der Waals surface area contributed by atoms with E-state index >= 15 is 0 Å². The van der Waals surface area contributed by atoms with Gasteiger partial charge in [0.15, 0.2) is 0 Å². The van der Waals surface area contributed by atoms with Crippen molar-refractivity contribution in [3.8, 4) is 5.75 Å². The number of rotatable bonds is 3. The van der Waals surface area contributed by atoms with Gasteiger partial charge in [-0.1, -0.05) is 29.3 Å². The molecule has 1 aromatic heterocycles. The van der Waals surface area contributed by atoms with Crippen molar-refractivity contribution in [2.45, 2.75) is 13.5 Å². The molecular formula is C13H13ClN2O. The van der Waals surface area contributed by atoms with E-state index in [2.05, 4.69) is 10.3 Å². The second-order valence-corrected chi connectivity index (χ2v) is 4.24. The molecule has 0 saturated carbocycles. The summed E-state index contributed by atoms with van der Waals surface area (Å²) >= 11 is 5.78. The molecule has 0 aliphatic rings. The summed E-state index contributed by atoms with van der Waals surface area (Å²) in [6.45, 7) is 2.54. The summed E-state index contributed by atoms with van der Waals surface area (Å²) in [5, 5.41) is 13.3. The fourth-order valence-corrected chi connectivity index (χ4v) is 1.74. The van der Waals surface area contributed by atoms with Crippen LogP contribution in [0.3, 0.4) is 0 Å². The van der Waals surface area contributed by atoms with E-state index < -0.39 is 0 Å². The number of nitrogens with one attached hydrogen (secondary N) is 1. The Morgan fingerprint density at radius 2 is 2.12 bits per heavy atom. The molecule has 3 nitrogen and oxygen atoms in total. The van der Waals surface area contributed by atoms with E-state index in [0.29, 0.717) is 17.4 Å². The Labute approximate surface area is 105 Å². The molecule has 0 saturated heterocycles. The molecule has 0 spiro atoms. The van der Waals surface area contributed by atoms with Crippen LogP contribution in [-0.4, -0.2) is 10.1 Å². The second-order valence-electron chi connectivity index (χ2n) is 3.85.